The minimum atomic E-state index is -0.747. The third kappa shape index (κ3) is 2.75. The van der Waals surface area contributed by atoms with Gasteiger partial charge in [-0.25, -0.2) is 9.37 Å². The van der Waals surface area contributed by atoms with Crippen LogP contribution in [0, 0.1) is 12.7 Å². The molecular weight excluding hydrogens is 251 g/mol. The van der Waals surface area contributed by atoms with Crippen LogP contribution in [0.2, 0.25) is 0 Å². The van der Waals surface area contributed by atoms with Crippen LogP contribution in [0.25, 0.3) is 0 Å². The molecule has 0 fully saturated rings. The van der Waals surface area contributed by atoms with Crippen LogP contribution in [0.1, 0.15) is 27.5 Å². The summed E-state index contributed by atoms with van der Waals surface area (Å²) >= 11 is 1.43. The van der Waals surface area contributed by atoms with Crippen LogP contribution in [-0.4, -0.2) is 16.6 Å². The molecule has 0 saturated carbocycles. The van der Waals surface area contributed by atoms with Crippen molar-refractivity contribution in [3.8, 4) is 0 Å². The van der Waals surface area contributed by atoms with E-state index in [9.17, 15) is 9.50 Å². The predicted molar refractivity (Wildman–Crippen MR) is 70.0 cm³/mol. The van der Waals surface area contributed by atoms with Gasteiger partial charge in [-0.2, -0.15) is 0 Å². The molecule has 2 aromatic rings. The van der Waals surface area contributed by atoms with Gasteiger partial charge in [0.1, 0.15) is 5.82 Å². The molecule has 0 aliphatic rings. The Kier molecular flexibility index (Phi) is 4.06. The van der Waals surface area contributed by atoms with Gasteiger partial charge >= 0.3 is 0 Å². The molecule has 3 nitrogen and oxygen atoms in total. The van der Waals surface area contributed by atoms with Crippen LogP contribution in [0.15, 0.2) is 30.5 Å². The van der Waals surface area contributed by atoms with Crippen molar-refractivity contribution in [3.05, 3.63) is 51.7 Å². The first kappa shape index (κ1) is 13.1. The van der Waals surface area contributed by atoms with E-state index in [1.54, 1.807) is 18.3 Å². The van der Waals surface area contributed by atoms with Gasteiger partial charge in [0.15, 0.2) is 0 Å². The minimum Gasteiger partial charge on any atom is -0.387 e. The molecule has 0 aliphatic heterocycles. The number of hydrogen-bond acceptors (Lipinski definition) is 4. The number of nitrogens with zero attached hydrogens (tertiary/aromatic N) is 1. The number of halogens is 1. The van der Waals surface area contributed by atoms with Crippen molar-refractivity contribution in [3.63, 3.8) is 0 Å². The van der Waals surface area contributed by atoms with Crippen molar-refractivity contribution in [2.45, 2.75) is 18.9 Å². The first-order valence-electron chi connectivity index (χ1n) is 5.67. The van der Waals surface area contributed by atoms with Gasteiger partial charge in [-0.15, -0.1) is 11.3 Å². The van der Waals surface area contributed by atoms with E-state index < -0.39 is 6.10 Å². The molecule has 2 atom stereocenters. The third-order valence-electron chi connectivity index (χ3n) is 2.84. The lowest BCUT2D eigenvalue weighted by Gasteiger charge is -2.20. The molecule has 1 aromatic carbocycles. The largest absolute Gasteiger partial charge is 0.387 e. The van der Waals surface area contributed by atoms with E-state index >= 15 is 0 Å². The van der Waals surface area contributed by atoms with E-state index in [0.717, 1.165) is 9.88 Å². The molecule has 96 valence electrons. The highest BCUT2D eigenvalue weighted by Crippen LogP contribution is 2.33. The average molecular weight is 266 g/mol. The lowest BCUT2D eigenvalue weighted by molar-refractivity contribution is 0.151. The molecule has 2 rings (SSSR count). The standard InChI is InChI=1S/C13H15FN2OS/c1-8-16-7-12(18-8)13(17)11(6-15)9-3-2-4-10(14)5-9/h2-5,7,11,13,17H,6,15H2,1H3. The average Bonchev–Trinajstić information content (AvgIpc) is 2.77. The summed E-state index contributed by atoms with van der Waals surface area (Å²) in [5.41, 5.74) is 6.41. The summed E-state index contributed by atoms with van der Waals surface area (Å²) in [6, 6.07) is 6.19. The number of rotatable bonds is 4. The number of thiazole rings is 1. The van der Waals surface area contributed by atoms with Crippen molar-refractivity contribution in [1.82, 2.24) is 4.98 Å². The molecular formula is C13H15FN2OS. The molecule has 0 aliphatic carbocycles. The van der Waals surface area contributed by atoms with Crippen molar-refractivity contribution in [2.75, 3.05) is 6.54 Å². The Morgan fingerprint density at radius 3 is 2.83 bits per heavy atom. The van der Waals surface area contributed by atoms with Gasteiger partial charge in [0.2, 0.25) is 0 Å². The Bertz CT molecular complexity index is 529. The SMILES string of the molecule is Cc1ncc(C(O)C(CN)c2cccc(F)c2)s1. The molecule has 0 amide bonds. The van der Waals surface area contributed by atoms with Gasteiger partial charge in [0.25, 0.3) is 0 Å². The molecule has 1 heterocycles. The Hall–Kier alpha value is -1.30. The van der Waals surface area contributed by atoms with Crippen LogP contribution in [0.5, 0.6) is 0 Å². The van der Waals surface area contributed by atoms with Gasteiger partial charge < -0.3 is 10.8 Å². The summed E-state index contributed by atoms with van der Waals surface area (Å²) in [4.78, 5) is 4.87. The van der Waals surface area contributed by atoms with Crippen LogP contribution in [0.4, 0.5) is 4.39 Å². The van der Waals surface area contributed by atoms with Gasteiger partial charge in [-0.1, -0.05) is 12.1 Å². The minimum absolute atomic E-state index is 0.252. The topological polar surface area (TPSA) is 59.1 Å². The van der Waals surface area contributed by atoms with Crippen molar-refractivity contribution in [1.29, 1.82) is 0 Å². The second-order valence-corrected chi connectivity index (χ2v) is 5.39. The fourth-order valence-electron chi connectivity index (χ4n) is 1.90. The maximum absolute atomic E-state index is 13.2. The second-order valence-electron chi connectivity index (χ2n) is 4.12. The zero-order chi connectivity index (χ0) is 13.1. The van der Waals surface area contributed by atoms with Crippen LogP contribution < -0.4 is 5.73 Å². The molecule has 1 aromatic heterocycles. The molecule has 5 heteroatoms. The summed E-state index contributed by atoms with van der Waals surface area (Å²) in [6.45, 7) is 2.13. The van der Waals surface area contributed by atoms with Crippen LogP contribution >= 0.6 is 11.3 Å². The van der Waals surface area contributed by atoms with E-state index in [0.29, 0.717) is 5.56 Å². The molecule has 3 N–H and O–H groups in total. The summed E-state index contributed by atoms with van der Waals surface area (Å²) in [5.74, 6) is -0.640. The number of hydrogen-bond donors (Lipinski definition) is 2. The Morgan fingerprint density at radius 2 is 2.28 bits per heavy atom. The smallest absolute Gasteiger partial charge is 0.123 e. The van der Waals surface area contributed by atoms with Crippen LogP contribution in [-0.2, 0) is 0 Å². The highest BCUT2D eigenvalue weighted by molar-refractivity contribution is 7.11. The van der Waals surface area contributed by atoms with E-state index in [1.165, 1.54) is 23.5 Å². The highest BCUT2D eigenvalue weighted by Gasteiger charge is 2.23. The number of aliphatic hydroxyl groups excluding tert-OH is 1. The number of nitrogens with two attached hydrogens (primary N) is 1. The van der Waals surface area contributed by atoms with Crippen LogP contribution in [0.3, 0.4) is 0 Å². The lowest BCUT2D eigenvalue weighted by Crippen LogP contribution is -2.19. The van der Waals surface area contributed by atoms with E-state index in [-0.39, 0.29) is 18.3 Å². The molecule has 0 bridgehead atoms. The van der Waals surface area contributed by atoms with Crippen molar-refractivity contribution >= 4 is 11.3 Å². The van der Waals surface area contributed by atoms with Crippen molar-refractivity contribution in [2.24, 2.45) is 5.73 Å². The monoisotopic (exact) mass is 266 g/mol. The summed E-state index contributed by atoms with van der Waals surface area (Å²) in [6.07, 6.45) is 0.898. The molecule has 18 heavy (non-hydrogen) atoms. The summed E-state index contributed by atoms with van der Waals surface area (Å²) in [5, 5.41) is 11.2. The molecule has 0 saturated heterocycles. The number of aryl methyl sites for hydroxylation is 1. The van der Waals surface area contributed by atoms with Gasteiger partial charge in [-0.3, -0.25) is 0 Å². The van der Waals surface area contributed by atoms with E-state index in [2.05, 4.69) is 4.98 Å². The molecule has 2 unspecified atom stereocenters. The predicted octanol–water partition coefficient (Wildman–Crippen LogP) is 2.37. The quantitative estimate of drug-likeness (QED) is 0.893. The Balaban J connectivity index is 2.28. The lowest BCUT2D eigenvalue weighted by atomic mass is 9.93. The fraction of sp³-hybridized carbons (Fsp3) is 0.308. The zero-order valence-corrected chi connectivity index (χ0v) is 10.8. The highest BCUT2D eigenvalue weighted by atomic mass is 32.1. The summed E-state index contributed by atoms with van der Waals surface area (Å²) in [7, 11) is 0. The maximum Gasteiger partial charge on any atom is 0.123 e. The zero-order valence-electron chi connectivity index (χ0n) is 10.0. The van der Waals surface area contributed by atoms with E-state index in [4.69, 9.17) is 5.73 Å². The molecule has 0 spiro atoms. The third-order valence-corrected chi connectivity index (χ3v) is 3.83. The normalized spacial score (nSPS) is 14.4. The maximum atomic E-state index is 13.2. The van der Waals surface area contributed by atoms with Crippen molar-refractivity contribution < 1.29 is 9.50 Å². The first-order chi connectivity index (χ1) is 8.61. The van der Waals surface area contributed by atoms with Gasteiger partial charge in [-0.05, 0) is 24.6 Å². The summed E-state index contributed by atoms with van der Waals surface area (Å²) < 4.78 is 13.2. The number of aliphatic hydroxyl groups is 1. The Morgan fingerprint density at radius 1 is 1.50 bits per heavy atom. The Labute approximate surface area is 109 Å². The second kappa shape index (κ2) is 5.56. The number of aromatic nitrogens is 1. The van der Waals surface area contributed by atoms with Gasteiger partial charge in [0.05, 0.1) is 16.0 Å². The fourth-order valence-corrected chi connectivity index (χ4v) is 2.73. The number of benzene rings is 1. The van der Waals surface area contributed by atoms with Gasteiger partial charge in [0, 0.05) is 18.7 Å². The molecule has 0 radical (unpaired) electrons. The van der Waals surface area contributed by atoms with E-state index in [1.807, 2.05) is 6.92 Å². The first-order valence-corrected chi connectivity index (χ1v) is 6.49.